The Kier molecular flexibility index (Phi) is 3.89. The zero-order chi connectivity index (χ0) is 12.3. The van der Waals surface area contributed by atoms with Crippen molar-refractivity contribution in [3.8, 4) is 12.3 Å². The summed E-state index contributed by atoms with van der Waals surface area (Å²) in [5, 5.41) is 0. The first kappa shape index (κ1) is 12.2. The van der Waals surface area contributed by atoms with Crippen molar-refractivity contribution in [1.82, 2.24) is 4.90 Å². The molecule has 0 aromatic heterocycles. The summed E-state index contributed by atoms with van der Waals surface area (Å²) in [6, 6.07) is 0. The van der Waals surface area contributed by atoms with Gasteiger partial charge in [-0.15, -0.1) is 18.9 Å². The van der Waals surface area contributed by atoms with E-state index in [0.29, 0.717) is 5.91 Å². The van der Waals surface area contributed by atoms with Crippen LogP contribution < -0.4 is 0 Å². The molecule has 1 saturated carbocycles. The van der Waals surface area contributed by atoms with Gasteiger partial charge in [0.25, 0.3) is 0 Å². The van der Waals surface area contributed by atoms with E-state index in [1.54, 1.807) is 0 Å². The molecule has 2 atom stereocenters. The molecule has 2 fully saturated rings. The van der Waals surface area contributed by atoms with Gasteiger partial charge >= 0.3 is 0 Å². The molecule has 0 aromatic rings. The maximum absolute atomic E-state index is 12.3. The van der Waals surface area contributed by atoms with Crippen LogP contribution in [0, 0.1) is 30.1 Å². The van der Waals surface area contributed by atoms with Gasteiger partial charge in [-0.05, 0) is 19.3 Å². The van der Waals surface area contributed by atoms with Crippen LogP contribution in [0.4, 0.5) is 0 Å². The van der Waals surface area contributed by atoms with Crippen molar-refractivity contribution in [2.24, 2.45) is 17.8 Å². The second-order valence-electron chi connectivity index (χ2n) is 5.23. The molecule has 1 aliphatic heterocycles. The molecular weight excluding hydrogens is 210 g/mol. The molecule has 1 amide bonds. The van der Waals surface area contributed by atoms with E-state index in [2.05, 4.69) is 12.5 Å². The lowest BCUT2D eigenvalue weighted by atomic mass is 9.85. The average molecular weight is 231 g/mol. The summed E-state index contributed by atoms with van der Waals surface area (Å²) in [6.07, 6.45) is 12.9. The Morgan fingerprint density at radius 1 is 1.35 bits per heavy atom. The summed E-state index contributed by atoms with van der Waals surface area (Å²) in [5.41, 5.74) is 0. The van der Waals surface area contributed by atoms with Crippen molar-refractivity contribution in [3.05, 3.63) is 12.7 Å². The monoisotopic (exact) mass is 231 g/mol. The van der Waals surface area contributed by atoms with Gasteiger partial charge in [0.05, 0.1) is 0 Å². The lowest BCUT2D eigenvalue weighted by Crippen LogP contribution is -2.45. The van der Waals surface area contributed by atoms with Gasteiger partial charge in [0.15, 0.2) is 0 Å². The number of carbonyl (C=O) groups is 1. The number of nitrogens with zero attached hydrogens (tertiary/aromatic N) is 1. The summed E-state index contributed by atoms with van der Waals surface area (Å²) < 4.78 is 0. The Morgan fingerprint density at radius 2 is 2.06 bits per heavy atom. The van der Waals surface area contributed by atoms with Crippen LogP contribution in [0.5, 0.6) is 0 Å². The number of terminal acetylenes is 1. The fourth-order valence-electron chi connectivity index (χ4n) is 3.06. The van der Waals surface area contributed by atoms with E-state index in [9.17, 15) is 4.79 Å². The maximum atomic E-state index is 12.3. The summed E-state index contributed by atoms with van der Waals surface area (Å²) >= 11 is 0. The zero-order valence-corrected chi connectivity index (χ0v) is 10.4. The number of piperidine rings is 1. The molecule has 0 aromatic carbocycles. The smallest absolute Gasteiger partial charge is 0.225 e. The minimum Gasteiger partial charge on any atom is -0.342 e. The van der Waals surface area contributed by atoms with Crippen LogP contribution >= 0.6 is 0 Å². The Hall–Kier alpha value is -1.23. The molecular formula is C15H21NO. The molecule has 1 aliphatic carbocycles. The molecule has 2 rings (SSSR count). The highest BCUT2D eigenvalue weighted by Gasteiger charge is 2.32. The van der Waals surface area contributed by atoms with Gasteiger partial charge in [0.2, 0.25) is 5.91 Å². The predicted octanol–water partition coefficient (Wildman–Crippen LogP) is 2.46. The quantitative estimate of drug-likeness (QED) is 0.528. The minimum absolute atomic E-state index is 0.264. The van der Waals surface area contributed by atoms with E-state index in [1.165, 1.54) is 12.8 Å². The Balaban J connectivity index is 1.97. The van der Waals surface area contributed by atoms with Crippen molar-refractivity contribution in [3.63, 3.8) is 0 Å². The van der Waals surface area contributed by atoms with Crippen molar-refractivity contribution >= 4 is 5.91 Å². The Bertz CT molecular complexity index is 335. The summed E-state index contributed by atoms with van der Waals surface area (Å²) in [6.45, 7) is 5.44. The van der Waals surface area contributed by atoms with Gasteiger partial charge in [-0.25, -0.2) is 0 Å². The summed E-state index contributed by atoms with van der Waals surface area (Å²) in [4.78, 5) is 14.3. The normalized spacial score (nSPS) is 29.9. The van der Waals surface area contributed by atoms with Gasteiger partial charge < -0.3 is 4.90 Å². The van der Waals surface area contributed by atoms with Gasteiger partial charge in [0, 0.05) is 30.8 Å². The van der Waals surface area contributed by atoms with Crippen LogP contribution in [0.1, 0.15) is 32.1 Å². The molecule has 92 valence electrons. The van der Waals surface area contributed by atoms with E-state index in [4.69, 9.17) is 6.42 Å². The van der Waals surface area contributed by atoms with Crippen molar-refractivity contribution in [2.45, 2.75) is 32.1 Å². The molecule has 2 aliphatic rings. The van der Waals surface area contributed by atoms with Crippen LogP contribution in [-0.4, -0.2) is 23.9 Å². The molecule has 0 radical (unpaired) electrons. The second-order valence-corrected chi connectivity index (χ2v) is 5.23. The standard InChI is InChI=1S/C15H21NO/c1-3-12-9-10-16(11-13(12)4-2)15(17)14-7-5-6-8-14/h1,4,12-14H,2,5-11H2/t12-,13+/m1/s1. The largest absolute Gasteiger partial charge is 0.342 e. The molecule has 1 saturated heterocycles. The third kappa shape index (κ3) is 2.54. The number of hydrogen-bond donors (Lipinski definition) is 0. The zero-order valence-electron chi connectivity index (χ0n) is 10.4. The molecule has 1 heterocycles. The maximum Gasteiger partial charge on any atom is 0.225 e. The molecule has 0 unspecified atom stereocenters. The number of likely N-dealkylation sites (tertiary alicyclic amines) is 1. The van der Waals surface area contributed by atoms with E-state index in [0.717, 1.165) is 32.4 Å². The fraction of sp³-hybridized carbons (Fsp3) is 0.667. The van der Waals surface area contributed by atoms with E-state index in [-0.39, 0.29) is 17.8 Å². The van der Waals surface area contributed by atoms with Crippen molar-refractivity contribution < 1.29 is 4.79 Å². The second kappa shape index (κ2) is 5.40. The van der Waals surface area contributed by atoms with Gasteiger partial charge in [-0.1, -0.05) is 18.9 Å². The molecule has 0 bridgehead atoms. The van der Waals surface area contributed by atoms with Crippen LogP contribution in [0.15, 0.2) is 12.7 Å². The third-order valence-corrected chi connectivity index (χ3v) is 4.19. The minimum atomic E-state index is 0.264. The molecule has 2 heteroatoms. The summed E-state index contributed by atoms with van der Waals surface area (Å²) in [5.74, 6) is 4.00. The molecule has 2 nitrogen and oxygen atoms in total. The van der Waals surface area contributed by atoms with Gasteiger partial charge in [-0.2, -0.15) is 0 Å². The SMILES string of the molecule is C#C[C@@H]1CCN(C(=O)C2CCCC2)C[C@@H]1C=C. The van der Waals surface area contributed by atoms with E-state index in [1.807, 2.05) is 11.0 Å². The van der Waals surface area contributed by atoms with Crippen LogP contribution in [-0.2, 0) is 4.79 Å². The van der Waals surface area contributed by atoms with E-state index >= 15 is 0 Å². The third-order valence-electron chi connectivity index (χ3n) is 4.19. The highest BCUT2D eigenvalue weighted by Crippen LogP contribution is 2.30. The number of carbonyl (C=O) groups excluding carboxylic acids is 1. The van der Waals surface area contributed by atoms with Crippen LogP contribution in [0.25, 0.3) is 0 Å². The lowest BCUT2D eigenvalue weighted by Gasteiger charge is -2.36. The highest BCUT2D eigenvalue weighted by molar-refractivity contribution is 5.79. The summed E-state index contributed by atoms with van der Waals surface area (Å²) in [7, 11) is 0. The fourth-order valence-corrected chi connectivity index (χ4v) is 3.06. The molecule has 0 spiro atoms. The first-order valence-electron chi connectivity index (χ1n) is 6.63. The van der Waals surface area contributed by atoms with Crippen molar-refractivity contribution in [1.29, 1.82) is 0 Å². The predicted molar refractivity (Wildman–Crippen MR) is 69.2 cm³/mol. The Labute approximate surface area is 104 Å². The highest BCUT2D eigenvalue weighted by atomic mass is 16.2. The first-order chi connectivity index (χ1) is 8.26. The van der Waals surface area contributed by atoms with Gasteiger partial charge in [0.1, 0.15) is 0 Å². The van der Waals surface area contributed by atoms with Gasteiger partial charge in [-0.3, -0.25) is 4.79 Å². The van der Waals surface area contributed by atoms with Crippen LogP contribution in [0.2, 0.25) is 0 Å². The number of rotatable bonds is 2. The lowest BCUT2D eigenvalue weighted by molar-refractivity contribution is -0.137. The molecule has 0 N–H and O–H groups in total. The van der Waals surface area contributed by atoms with Crippen molar-refractivity contribution in [2.75, 3.05) is 13.1 Å². The van der Waals surface area contributed by atoms with E-state index < -0.39 is 0 Å². The first-order valence-corrected chi connectivity index (χ1v) is 6.63. The average Bonchev–Trinajstić information content (AvgIpc) is 2.90. The Morgan fingerprint density at radius 3 is 2.65 bits per heavy atom. The van der Waals surface area contributed by atoms with Crippen LogP contribution in [0.3, 0.4) is 0 Å². The number of amides is 1. The topological polar surface area (TPSA) is 20.3 Å². The number of hydrogen-bond acceptors (Lipinski definition) is 1. The molecule has 17 heavy (non-hydrogen) atoms.